The van der Waals surface area contributed by atoms with Gasteiger partial charge in [-0.25, -0.2) is 0 Å². The molecule has 0 aliphatic rings. The number of carbonyl (C=O) groups excluding carboxylic acids is 1. The van der Waals surface area contributed by atoms with Crippen LogP contribution in [0.2, 0.25) is 0 Å². The maximum absolute atomic E-state index is 12.9. The summed E-state index contributed by atoms with van der Waals surface area (Å²) in [7, 11) is 0. The Morgan fingerprint density at radius 2 is 1.71 bits per heavy atom. The summed E-state index contributed by atoms with van der Waals surface area (Å²) >= 11 is 1.35. The molecule has 0 radical (unpaired) electrons. The molecule has 0 aliphatic carbocycles. The highest BCUT2D eigenvalue weighted by molar-refractivity contribution is 14.1. The molecule has 0 N–H and O–H groups in total. The molecule has 2 nitrogen and oxygen atoms in total. The number of esters is 1. The van der Waals surface area contributed by atoms with Crippen molar-refractivity contribution in [3.63, 3.8) is 0 Å². The van der Waals surface area contributed by atoms with Gasteiger partial charge in [0.1, 0.15) is 0 Å². The van der Waals surface area contributed by atoms with Crippen LogP contribution in [0, 0.1) is 3.57 Å². The monoisotopic (exact) mass is 426 g/mol. The van der Waals surface area contributed by atoms with Crippen molar-refractivity contribution < 1.29 is 35.9 Å². The number of carbonyl (C=O) groups is 1. The molecule has 0 amide bonds. The minimum Gasteiger partial charge on any atom is -0.466 e. The predicted molar refractivity (Wildman–Crippen MR) is 69.5 cm³/mol. The fourth-order valence-electron chi connectivity index (χ4n) is 1.59. The highest BCUT2D eigenvalue weighted by Crippen LogP contribution is 2.39. The summed E-state index contributed by atoms with van der Waals surface area (Å²) in [6, 6.07) is 0.584. The molecule has 0 fully saturated rings. The van der Waals surface area contributed by atoms with Gasteiger partial charge in [-0.05, 0) is 47.2 Å². The molecule has 0 aliphatic heterocycles. The van der Waals surface area contributed by atoms with Crippen molar-refractivity contribution in [2.24, 2.45) is 0 Å². The van der Waals surface area contributed by atoms with Crippen LogP contribution >= 0.6 is 22.6 Å². The number of rotatable bonds is 3. The second kappa shape index (κ2) is 6.41. The molecule has 0 saturated heterocycles. The molecule has 9 heteroatoms. The van der Waals surface area contributed by atoms with Gasteiger partial charge < -0.3 is 4.74 Å². The standard InChI is InChI=1S/C12H9F6IO2/c1-2-21-10(20)5-7-8(12(16,17)18)3-6(4-9(7)19)11(13,14)15/h3-4H,2,5H2,1H3. The first-order valence-corrected chi connectivity index (χ1v) is 6.67. The average Bonchev–Trinajstić information content (AvgIpc) is 2.28. The first kappa shape index (κ1) is 18.1. The summed E-state index contributed by atoms with van der Waals surface area (Å²) in [5, 5.41) is 0. The largest absolute Gasteiger partial charge is 0.466 e. The van der Waals surface area contributed by atoms with Crippen LogP contribution in [-0.2, 0) is 28.3 Å². The second-order valence-corrected chi connectivity index (χ2v) is 5.12. The molecule has 0 heterocycles. The van der Waals surface area contributed by atoms with Gasteiger partial charge in [0.2, 0.25) is 0 Å². The van der Waals surface area contributed by atoms with Crippen LogP contribution in [0.3, 0.4) is 0 Å². The molecular formula is C12H9F6IO2. The minimum atomic E-state index is -5.00. The van der Waals surface area contributed by atoms with E-state index in [9.17, 15) is 31.1 Å². The Labute approximate surface area is 129 Å². The Hall–Kier alpha value is -1.00. The van der Waals surface area contributed by atoms with Crippen molar-refractivity contribution in [3.8, 4) is 0 Å². The summed E-state index contributed by atoms with van der Waals surface area (Å²) < 4.78 is 80.7. The molecule has 0 saturated carbocycles. The molecule has 0 unspecified atom stereocenters. The molecule has 1 aromatic rings. The smallest absolute Gasteiger partial charge is 0.416 e. The minimum absolute atomic E-state index is 0.0106. The first-order chi connectivity index (χ1) is 9.46. The zero-order valence-electron chi connectivity index (χ0n) is 10.5. The number of hydrogen-bond donors (Lipinski definition) is 0. The van der Waals surface area contributed by atoms with Gasteiger partial charge in [-0.1, -0.05) is 0 Å². The van der Waals surface area contributed by atoms with Crippen LogP contribution in [0.4, 0.5) is 26.3 Å². The van der Waals surface area contributed by atoms with Crippen molar-refractivity contribution in [1.29, 1.82) is 0 Å². The lowest BCUT2D eigenvalue weighted by Crippen LogP contribution is -2.18. The highest BCUT2D eigenvalue weighted by Gasteiger charge is 2.39. The molecule has 21 heavy (non-hydrogen) atoms. The fourth-order valence-corrected chi connectivity index (χ4v) is 2.41. The van der Waals surface area contributed by atoms with Crippen LogP contribution in [-0.4, -0.2) is 12.6 Å². The third kappa shape index (κ3) is 4.75. The number of hydrogen-bond acceptors (Lipinski definition) is 2. The number of alkyl halides is 6. The Morgan fingerprint density at radius 3 is 2.14 bits per heavy atom. The lowest BCUT2D eigenvalue weighted by molar-refractivity contribution is -0.144. The van der Waals surface area contributed by atoms with Crippen LogP contribution in [0.1, 0.15) is 23.6 Å². The van der Waals surface area contributed by atoms with Gasteiger partial charge in [-0.2, -0.15) is 26.3 Å². The maximum Gasteiger partial charge on any atom is 0.416 e. The summed E-state index contributed by atoms with van der Waals surface area (Å²) in [6.07, 6.45) is -10.6. The van der Waals surface area contributed by atoms with Gasteiger partial charge in [0, 0.05) is 3.57 Å². The molecule has 118 valence electrons. The first-order valence-electron chi connectivity index (χ1n) is 5.59. The van der Waals surface area contributed by atoms with Crippen molar-refractivity contribution in [1.82, 2.24) is 0 Å². The van der Waals surface area contributed by atoms with Crippen molar-refractivity contribution in [2.45, 2.75) is 25.7 Å². The van der Waals surface area contributed by atoms with E-state index in [1.54, 1.807) is 0 Å². The predicted octanol–water partition coefficient (Wildman–Crippen LogP) is 4.43. The Bertz CT molecular complexity index is 536. The van der Waals surface area contributed by atoms with E-state index >= 15 is 0 Å². The van der Waals surface area contributed by atoms with Crippen molar-refractivity contribution in [2.75, 3.05) is 6.61 Å². The lowest BCUT2D eigenvalue weighted by atomic mass is 10.0. The van der Waals surface area contributed by atoms with Gasteiger partial charge in [0.05, 0.1) is 24.2 Å². The van der Waals surface area contributed by atoms with E-state index in [1.807, 2.05) is 0 Å². The lowest BCUT2D eigenvalue weighted by Gasteiger charge is -2.17. The summed E-state index contributed by atoms with van der Waals surface area (Å²) in [5.74, 6) is -0.930. The SMILES string of the molecule is CCOC(=O)Cc1c(I)cc(C(F)(F)F)cc1C(F)(F)F. The Kier molecular flexibility index (Phi) is 5.51. The van der Waals surface area contributed by atoms with Gasteiger partial charge in [-0.15, -0.1) is 0 Å². The topological polar surface area (TPSA) is 26.3 Å². The highest BCUT2D eigenvalue weighted by atomic mass is 127. The zero-order chi connectivity index (χ0) is 16.4. The molecule has 0 spiro atoms. The molecule has 0 aromatic heterocycles. The Morgan fingerprint density at radius 1 is 1.14 bits per heavy atom. The van der Waals surface area contributed by atoms with E-state index in [0.29, 0.717) is 6.07 Å². The zero-order valence-corrected chi connectivity index (χ0v) is 12.7. The average molecular weight is 426 g/mol. The van der Waals surface area contributed by atoms with E-state index < -0.39 is 41.4 Å². The molecule has 0 atom stereocenters. The molecular weight excluding hydrogens is 417 g/mol. The van der Waals surface area contributed by atoms with Crippen LogP contribution in [0.25, 0.3) is 0 Å². The van der Waals surface area contributed by atoms with E-state index in [4.69, 9.17) is 0 Å². The van der Waals surface area contributed by atoms with E-state index in [1.165, 1.54) is 29.5 Å². The fraction of sp³-hybridized carbons (Fsp3) is 0.417. The van der Waals surface area contributed by atoms with E-state index in [0.717, 1.165) is 0 Å². The number of ether oxygens (including phenoxy) is 1. The summed E-state index contributed by atoms with van der Waals surface area (Å²) in [6.45, 7) is 1.44. The van der Waals surface area contributed by atoms with Gasteiger partial charge in [-0.3, -0.25) is 4.79 Å². The number of halogens is 7. The Balaban J connectivity index is 3.39. The van der Waals surface area contributed by atoms with E-state index in [-0.39, 0.29) is 16.2 Å². The van der Waals surface area contributed by atoms with Gasteiger partial charge in [0.25, 0.3) is 0 Å². The normalized spacial score (nSPS) is 12.4. The third-order valence-electron chi connectivity index (χ3n) is 2.45. The van der Waals surface area contributed by atoms with Crippen LogP contribution in [0.5, 0.6) is 0 Å². The quantitative estimate of drug-likeness (QED) is 0.406. The van der Waals surface area contributed by atoms with Crippen LogP contribution in [0.15, 0.2) is 12.1 Å². The third-order valence-corrected chi connectivity index (χ3v) is 3.42. The van der Waals surface area contributed by atoms with E-state index in [2.05, 4.69) is 4.74 Å². The van der Waals surface area contributed by atoms with Crippen molar-refractivity contribution >= 4 is 28.6 Å². The van der Waals surface area contributed by atoms with Gasteiger partial charge in [0.15, 0.2) is 0 Å². The maximum atomic E-state index is 12.9. The van der Waals surface area contributed by atoms with Crippen molar-refractivity contribution in [3.05, 3.63) is 32.4 Å². The summed E-state index contributed by atoms with van der Waals surface area (Å²) in [5.41, 5.74) is -3.41. The molecule has 1 rings (SSSR count). The summed E-state index contributed by atoms with van der Waals surface area (Å²) in [4.78, 5) is 11.3. The molecule has 1 aromatic carbocycles. The van der Waals surface area contributed by atoms with Crippen LogP contribution < -0.4 is 0 Å². The number of benzene rings is 1. The molecule has 0 bridgehead atoms. The second-order valence-electron chi connectivity index (χ2n) is 3.96. The van der Waals surface area contributed by atoms with Gasteiger partial charge >= 0.3 is 18.3 Å².